The number of benzene rings is 23. The molecule has 0 atom stereocenters. The Morgan fingerprint density at radius 3 is 0.713 bits per heavy atom. The Hall–Kier alpha value is -18.2. The Kier molecular flexibility index (Phi) is 19.1. The normalized spacial score (nSPS) is 11.9. The predicted octanol–water partition coefficient (Wildman–Crippen LogP) is 35.9. The number of aromatic nitrogens is 9. The molecule has 0 amide bonds. The Balaban J connectivity index is 0.495. The summed E-state index contributed by atoms with van der Waals surface area (Å²) in [6.45, 7) is 0. The van der Waals surface area contributed by atoms with E-state index in [0.29, 0.717) is 52.4 Å². The van der Waals surface area contributed by atoms with E-state index in [0.717, 1.165) is 153 Å². The predicted molar refractivity (Wildman–Crippen MR) is 601 cm³/mol. The first-order valence-corrected chi connectivity index (χ1v) is 50.5. The molecule has 6 heterocycles. The van der Waals surface area contributed by atoms with Crippen LogP contribution in [0.15, 0.2) is 455 Å². The molecule has 0 saturated heterocycles. The van der Waals surface area contributed by atoms with Crippen molar-refractivity contribution >= 4 is 181 Å². The van der Waals surface area contributed by atoms with E-state index < -0.39 is 0 Å². The highest BCUT2D eigenvalue weighted by atomic mass is 32.1. The molecule has 143 heavy (non-hydrogen) atoms. The standard InChI is InChI=1S/C131H75N9S3/c1-3-17-79-63-96(44-34-76(79)15-1)124-134-127(139-130(136-124)103-53-57-110-91(71-103)22-14-29-107(110)94-50-59-115-112-25-6-9-31-118(112)143-122(115)75-94)99-48-43-85-62-83(39-41-87(85)67-99)82-38-40-86-66-98(47-42-84(86)61-82)126-132-123(133-129(138-126)101-52-56-109-90(70-101)21-13-28-106(109)93-49-58-114-111-24-5-8-30-117(111)142-121(114)74-93)95-23-11-19-81(65-95)88-37-33-78-36-46-100(72-104(78)68-88)128-135-125(97-45-35-77-16-2-4-18-80(77)64-97)137-131(140-128)102-51-55-108-89(69-102)20-12-27-105(108)92-54-60-120-116(73-92)113-26-7-10-32-119(113)141-120/h1-75H. The molecule has 0 unspecified atom stereocenters. The average Bonchev–Trinajstić information content (AvgIpc) is 1.75. The van der Waals surface area contributed by atoms with E-state index in [1.807, 2.05) is 34.0 Å². The molecule has 0 aliphatic carbocycles. The second-order valence-electron chi connectivity index (χ2n) is 37.1. The Bertz CT molecular complexity index is 10500. The van der Waals surface area contributed by atoms with Gasteiger partial charge in [0.1, 0.15) is 0 Å². The van der Waals surface area contributed by atoms with Crippen LogP contribution in [0.4, 0.5) is 0 Å². The van der Waals surface area contributed by atoms with Gasteiger partial charge < -0.3 is 0 Å². The summed E-state index contributed by atoms with van der Waals surface area (Å²) in [5.41, 5.74) is 19.3. The second-order valence-corrected chi connectivity index (χ2v) is 40.4. The molecule has 0 N–H and O–H groups in total. The van der Waals surface area contributed by atoms with Gasteiger partial charge in [-0.2, -0.15) is 0 Å². The van der Waals surface area contributed by atoms with Gasteiger partial charge >= 0.3 is 0 Å². The molecule has 0 saturated carbocycles. The van der Waals surface area contributed by atoms with Gasteiger partial charge in [0.25, 0.3) is 0 Å². The number of fused-ring (bicyclic) bond motifs is 17. The van der Waals surface area contributed by atoms with Crippen molar-refractivity contribution in [3.8, 4) is 158 Å². The van der Waals surface area contributed by atoms with E-state index in [2.05, 4.69) is 455 Å². The largest absolute Gasteiger partial charge is 0.208 e. The van der Waals surface area contributed by atoms with Crippen LogP contribution >= 0.6 is 34.0 Å². The second kappa shape index (κ2) is 33.3. The lowest BCUT2D eigenvalue weighted by molar-refractivity contribution is 1.07. The number of nitrogens with zero attached hydrogens (tertiary/aromatic N) is 9. The van der Waals surface area contributed by atoms with Gasteiger partial charge in [-0.15, -0.1) is 34.0 Å². The summed E-state index contributed by atoms with van der Waals surface area (Å²) in [6.07, 6.45) is 0. The summed E-state index contributed by atoms with van der Waals surface area (Å²) in [6, 6.07) is 164. The van der Waals surface area contributed by atoms with Crippen LogP contribution in [0, 0.1) is 0 Å². The van der Waals surface area contributed by atoms with E-state index in [9.17, 15) is 0 Å². The van der Waals surface area contributed by atoms with Gasteiger partial charge in [0.15, 0.2) is 52.4 Å². The maximum absolute atomic E-state index is 5.46. The van der Waals surface area contributed by atoms with Gasteiger partial charge in [0, 0.05) is 111 Å². The topological polar surface area (TPSA) is 116 Å². The van der Waals surface area contributed by atoms with Crippen molar-refractivity contribution in [2.24, 2.45) is 0 Å². The fraction of sp³-hybridized carbons (Fsp3) is 0. The molecule has 0 radical (unpaired) electrons. The summed E-state index contributed by atoms with van der Waals surface area (Å²) in [4.78, 5) is 48.3. The molecule has 6 aromatic heterocycles. The number of thiophene rings is 3. The van der Waals surface area contributed by atoms with Crippen LogP contribution in [0.25, 0.3) is 305 Å². The van der Waals surface area contributed by atoms with Crippen LogP contribution in [-0.4, -0.2) is 44.9 Å². The van der Waals surface area contributed by atoms with Gasteiger partial charge in [-0.3, -0.25) is 0 Å². The van der Waals surface area contributed by atoms with Crippen LogP contribution in [0.5, 0.6) is 0 Å². The Morgan fingerprint density at radius 1 is 0.105 bits per heavy atom. The molecule has 0 spiro atoms. The highest BCUT2D eigenvalue weighted by Crippen LogP contribution is 2.46. The third-order valence-corrected chi connectivity index (χ3v) is 31.9. The summed E-state index contributed by atoms with van der Waals surface area (Å²) < 4.78 is 7.72. The highest BCUT2D eigenvalue weighted by Gasteiger charge is 2.24. The quantitative estimate of drug-likeness (QED) is 0.105. The maximum atomic E-state index is 5.46. The van der Waals surface area contributed by atoms with Crippen molar-refractivity contribution < 1.29 is 0 Å². The van der Waals surface area contributed by atoms with Crippen molar-refractivity contribution in [2.45, 2.75) is 0 Å². The monoisotopic (exact) mass is 1870 g/mol. The zero-order valence-electron chi connectivity index (χ0n) is 76.6. The molecule has 29 aromatic rings. The molecule has 662 valence electrons. The lowest BCUT2D eigenvalue weighted by atomic mass is 9.96. The van der Waals surface area contributed by atoms with E-state index in [1.165, 1.54) is 99.3 Å². The number of rotatable bonds is 14. The van der Waals surface area contributed by atoms with Crippen molar-refractivity contribution in [1.29, 1.82) is 0 Å². The molecule has 29 rings (SSSR count). The molecule has 23 aromatic carbocycles. The Morgan fingerprint density at radius 2 is 0.322 bits per heavy atom. The van der Waals surface area contributed by atoms with E-state index in [1.54, 1.807) is 0 Å². The molecular formula is C131H75N9S3. The van der Waals surface area contributed by atoms with Gasteiger partial charge in [0.05, 0.1) is 0 Å². The first-order valence-electron chi connectivity index (χ1n) is 48.0. The molecule has 9 nitrogen and oxygen atoms in total. The molecule has 0 bridgehead atoms. The van der Waals surface area contributed by atoms with Crippen molar-refractivity contribution in [3.05, 3.63) is 455 Å². The fourth-order valence-electron chi connectivity index (χ4n) is 21.2. The van der Waals surface area contributed by atoms with Crippen LogP contribution in [0.2, 0.25) is 0 Å². The lowest BCUT2D eigenvalue weighted by Crippen LogP contribution is -2.00. The van der Waals surface area contributed by atoms with Crippen LogP contribution in [-0.2, 0) is 0 Å². The fourth-order valence-corrected chi connectivity index (χ4v) is 24.6. The van der Waals surface area contributed by atoms with Crippen molar-refractivity contribution in [1.82, 2.24) is 44.9 Å². The first kappa shape index (κ1) is 82.0. The average molecular weight is 1870 g/mol. The smallest absolute Gasteiger partial charge is 0.164 e. The summed E-state index contributed by atoms with van der Waals surface area (Å²) >= 11 is 5.53. The van der Waals surface area contributed by atoms with Crippen LogP contribution < -0.4 is 0 Å². The molecule has 0 aliphatic rings. The molecule has 12 heteroatoms. The van der Waals surface area contributed by atoms with Crippen LogP contribution in [0.3, 0.4) is 0 Å². The van der Waals surface area contributed by atoms with Gasteiger partial charge in [-0.1, -0.05) is 340 Å². The molecule has 0 fully saturated rings. The van der Waals surface area contributed by atoms with E-state index >= 15 is 0 Å². The van der Waals surface area contributed by atoms with Gasteiger partial charge in [-0.05, 0) is 257 Å². The summed E-state index contributed by atoms with van der Waals surface area (Å²) in [7, 11) is 0. The molecule has 0 aliphatic heterocycles. The SMILES string of the molecule is c1cc(-c2ccc3ccc(-c4nc(-c5ccc6ccccc6c5)nc(-c5ccc6c(-c7ccc8sc9ccccc9c8c7)cccc6c5)n4)cc3c2)cc(-c2nc(-c3ccc4cc(-c5ccc6cc(-c7nc(-c8ccc9ccccc9c8)nc(-c8ccc9c(-c%10ccc%11c(c%10)sc%10ccccc%10%11)cccc9c8)n7)ccc6c5)ccc4c3)nc(-c3ccc4c(-c5ccc6c(c5)sc5ccccc56)cccc4c3)n2)c1. The lowest BCUT2D eigenvalue weighted by Gasteiger charge is -2.13. The van der Waals surface area contributed by atoms with Crippen molar-refractivity contribution in [2.75, 3.05) is 0 Å². The minimum Gasteiger partial charge on any atom is -0.208 e. The van der Waals surface area contributed by atoms with Crippen molar-refractivity contribution in [3.63, 3.8) is 0 Å². The summed E-state index contributed by atoms with van der Waals surface area (Å²) in [5.74, 6) is 5.27. The highest BCUT2D eigenvalue weighted by molar-refractivity contribution is 7.26. The minimum absolute atomic E-state index is 0.556. The minimum atomic E-state index is 0.556. The number of hydrogen-bond acceptors (Lipinski definition) is 12. The van der Waals surface area contributed by atoms with E-state index in [-0.39, 0.29) is 0 Å². The maximum Gasteiger partial charge on any atom is 0.164 e. The van der Waals surface area contributed by atoms with Crippen LogP contribution in [0.1, 0.15) is 0 Å². The third-order valence-electron chi connectivity index (χ3n) is 28.5. The number of hydrogen-bond donors (Lipinski definition) is 0. The summed E-state index contributed by atoms with van der Waals surface area (Å²) in [5, 5.41) is 25.4. The third kappa shape index (κ3) is 14.6. The first-order chi connectivity index (χ1) is 70.7. The zero-order chi connectivity index (χ0) is 93.8. The molecular weight excluding hydrogens is 1800 g/mol. The van der Waals surface area contributed by atoms with Gasteiger partial charge in [-0.25, -0.2) is 44.9 Å². The van der Waals surface area contributed by atoms with E-state index in [4.69, 9.17) is 44.9 Å². The Labute approximate surface area is 832 Å². The van der Waals surface area contributed by atoms with Gasteiger partial charge in [0.2, 0.25) is 0 Å². The zero-order valence-corrected chi connectivity index (χ0v) is 79.0.